The third-order valence-electron chi connectivity index (χ3n) is 7.79. The van der Waals surface area contributed by atoms with Crippen LogP contribution in [0.1, 0.15) is 33.4 Å². The summed E-state index contributed by atoms with van der Waals surface area (Å²) in [5.74, 6) is -0.614. The van der Waals surface area contributed by atoms with Gasteiger partial charge in [-0.2, -0.15) is 0 Å². The second-order valence-corrected chi connectivity index (χ2v) is 14.0. The number of benzene rings is 1. The van der Waals surface area contributed by atoms with Gasteiger partial charge in [0.25, 0.3) is 0 Å². The fraction of sp³-hybridized carbons (Fsp3) is 0.645. The molecule has 9 N–H and O–H groups in total. The maximum absolute atomic E-state index is 12.8. The van der Waals surface area contributed by atoms with Crippen LogP contribution in [0.25, 0.3) is 5.69 Å². The molecule has 2 aliphatic heterocycles. The minimum absolute atomic E-state index is 0.00824. The van der Waals surface area contributed by atoms with Gasteiger partial charge in [0.05, 0.1) is 31.7 Å². The lowest BCUT2D eigenvalue weighted by molar-refractivity contribution is -0.337. The molecule has 21 heteroatoms. The number of halogens is 1. The Morgan fingerprint density at radius 2 is 1.56 bits per heavy atom. The van der Waals surface area contributed by atoms with Gasteiger partial charge in [-0.3, -0.25) is 4.79 Å². The summed E-state index contributed by atoms with van der Waals surface area (Å²) in [6.07, 6.45) is -12.7. The summed E-state index contributed by atoms with van der Waals surface area (Å²) >= 11 is 3.37. The van der Waals surface area contributed by atoms with E-state index in [1.807, 2.05) is 24.3 Å². The second-order valence-electron chi connectivity index (χ2n) is 13.0. The van der Waals surface area contributed by atoms with Gasteiger partial charge >= 0.3 is 12.1 Å². The first-order valence-corrected chi connectivity index (χ1v) is 17.2. The number of rotatable bonds is 13. The summed E-state index contributed by atoms with van der Waals surface area (Å²) in [5.41, 5.74) is 0.344. The SMILES string of the molecule is CC(=O)NC1C(O[C@@H]2OC(CO)[C@H](O)C(OCc3cn(-c4ccc(Br)cc4)nn3)C2O)[C@H](O)[C@@H](CO)O[C@H]1NC(=O)NCCNC(=O)OC(C)(C)C. The quantitative estimate of drug-likeness (QED) is 0.101. The number of aliphatic hydroxyl groups excluding tert-OH is 5. The van der Waals surface area contributed by atoms with Crippen LogP contribution < -0.4 is 21.3 Å². The van der Waals surface area contributed by atoms with Gasteiger partial charge in [0.2, 0.25) is 5.91 Å². The molecule has 2 saturated heterocycles. The van der Waals surface area contributed by atoms with Gasteiger partial charge in [0, 0.05) is 24.5 Å². The highest BCUT2D eigenvalue weighted by Crippen LogP contribution is 2.30. The molecule has 290 valence electrons. The average Bonchev–Trinajstić information content (AvgIpc) is 3.55. The molecule has 2 aromatic rings. The second kappa shape index (κ2) is 18.5. The van der Waals surface area contributed by atoms with Crippen molar-refractivity contribution in [2.45, 2.75) is 101 Å². The Balaban J connectivity index is 1.44. The van der Waals surface area contributed by atoms with Crippen LogP contribution in [0.3, 0.4) is 0 Å². The number of hydrogen-bond acceptors (Lipinski definition) is 15. The molecule has 0 spiro atoms. The van der Waals surface area contributed by atoms with Gasteiger partial charge in [0.1, 0.15) is 60.1 Å². The lowest BCUT2D eigenvalue weighted by atomic mass is 9.94. The Labute approximate surface area is 307 Å². The maximum atomic E-state index is 12.8. The van der Waals surface area contributed by atoms with E-state index >= 15 is 0 Å². The van der Waals surface area contributed by atoms with Crippen molar-refractivity contribution in [1.82, 2.24) is 36.3 Å². The van der Waals surface area contributed by atoms with Crippen LogP contribution >= 0.6 is 15.9 Å². The van der Waals surface area contributed by atoms with E-state index in [0.29, 0.717) is 11.4 Å². The van der Waals surface area contributed by atoms with Gasteiger partial charge in [-0.25, -0.2) is 14.3 Å². The van der Waals surface area contributed by atoms with Crippen LogP contribution in [0.15, 0.2) is 34.9 Å². The summed E-state index contributed by atoms with van der Waals surface area (Å²) in [7, 11) is 0. The first-order valence-electron chi connectivity index (χ1n) is 16.4. The van der Waals surface area contributed by atoms with Gasteiger partial charge < -0.3 is 70.5 Å². The van der Waals surface area contributed by atoms with Crippen molar-refractivity contribution < 1.29 is 63.6 Å². The molecule has 2 fully saturated rings. The van der Waals surface area contributed by atoms with Crippen LogP contribution in [0.2, 0.25) is 0 Å². The van der Waals surface area contributed by atoms with Gasteiger partial charge in [-0.05, 0) is 45.0 Å². The maximum Gasteiger partial charge on any atom is 0.407 e. The lowest BCUT2D eigenvalue weighted by Gasteiger charge is -2.48. The number of ether oxygens (including phenoxy) is 5. The smallest absolute Gasteiger partial charge is 0.407 e. The highest BCUT2D eigenvalue weighted by Gasteiger charge is 2.52. The molecule has 4 amide bonds. The van der Waals surface area contributed by atoms with Crippen molar-refractivity contribution in [3.8, 4) is 5.69 Å². The third-order valence-corrected chi connectivity index (χ3v) is 8.32. The number of alkyl carbamates (subject to hydrolysis) is 1. The largest absolute Gasteiger partial charge is 0.444 e. The molecule has 0 saturated carbocycles. The molecule has 1 aromatic carbocycles. The van der Waals surface area contributed by atoms with Gasteiger partial charge in [-0.15, -0.1) is 5.10 Å². The predicted octanol–water partition coefficient (Wildman–Crippen LogP) is -1.85. The zero-order valence-electron chi connectivity index (χ0n) is 28.9. The average molecular weight is 805 g/mol. The van der Waals surface area contributed by atoms with E-state index in [0.717, 1.165) is 4.47 Å². The fourth-order valence-electron chi connectivity index (χ4n) is 5.40. The number of aromatic nitrogens is 3. The summed E-state index contributed by atoms with van der Waals surface area (Å²) < 4.78 is 30.7. The minimum atomic E-state index is -1.73. The van der Waals surface area contributed by atoms with E-state index in [-0.39, 0.29) is 19.7 Å². The number of amides is 4. The Bertz CT molecular complexity index is 1480. The number of hydrogen-bond donors (Lipinski definition) is 9. The molecule has 20 nitrogen and oxygen atoms in total. The third kappa shape index (κ3) is 11.2. The van der Waals surface area contributed by atoms with E-state index < -0.39 is 98.1 Å². The van der Waals surface area contributed by atoms with Crippen LogP contribution in [0.5, 0.6) is 0 Å². The molecule has 0 aliphatic carbocycles. The van der Waals surface area contributed by atoms with Crippen molar-refractivity contribution in [1.29, 1.82) is 0 Å². The molecule has 5 unspecified atom stereocenters. The Morgan fingerprint density at radius 1 is 0.923 bits per heavy atom. The Hall–Kier alpha value is -3.51. The number of carbonyl (C=O) groups is 3. The summed E-state index contributed by atoms with van der Waals surface area (Å²) in [6, 6.07) is 5.14. The van der Waals surface area contributed by atoms with E-state index in [9.17, 15) is 39.9 Å². The fourth-order valence-corrected chi connectivity index (χ4v) is 5.67. The summed E-state index contributed by atoms with van der Waals surface area (Å²) in [5, 5.41) is 71.5. The molecule has 3 heterocycles. The van der Waals surface area contributed by atoms with Crippen LogP contribution in [0.4, 0.5) is 9.59 Å². The Morgan fingerprint density at radius 3 is 2.19 bits per heavy atom. The number of aliphatic hydroxyl groups is 5. The topological polar surface area (TPSA) is 277 Å². The highest BCUT2D eigenvalue weighted by molar-refractivity contribution is 9.10. The predicted molar refractivity (Wildman–Crippen MR) is 180 cm³/mol. The first-order chi connectivity index (χ1) is 24.6. The summed E-state index contributed by atoms with van der Waals surface area (Å²) in [6.45, 7) is 4.55. The molecule has 52 heavy (non-hydrogen) atoms. The monoisotopic (exact) mass is 803 g/mol. The lowest BCUT2D eigenvalue weighted by Crippen LogP contribution is -2.71. The van der Waals surface area contributed by atoms with Gasteiger partial charge in [0.15, 0.2) is 12.5 Å². The van der Waals surface area contributed by atoms with E-state index in [4.69, 9.17) is 23.7 Å². The number of urea groups is 1. The minimum Gasteiger partial charge on any atom is -0.444 e. The molecular formula is C31H46BrN7O13. The normalized spacial score (nSPS) is 29.2. The molecule has 10 atom stereocenters. The highest BCUT2D eigenvalue weighted by atomic mass is 79.9. The van der Waals surface area contributed by atoms with Gasteiger partial charge in [-0.1, -0.05) is 21.1 Å². The van der Waals surface area contributed by atoms with Crippen molar-refractivity contribution in [2.75, 3.05) is 26.3 Å². The zero-order chi connectivity index (χ0) is 38.2. The van der Waals surface area contributed by atoms with E-state index in [1.165, 1.54) is 11.6 Å². The van der Waals surface area contributed by atoms with Crippen molar-refractivity contribution in [3.05, 3.63) is 40.6 Å². The van der Waals surface area contributed by atoms with E-state index in [1.54, 1.807) is 27.0 Å². The number of nitrogens with zero attached hydrogens (tertiary/aromatic N) is 3. The first kappa shape index (κ1) is 41.2. The summed E-state index contributed by atoms with van der Waals surface area (Å²) in [4.78, 5) is 37.0. The molecule has 0 bridgehead atoms. The standard InChI is InChI=1S/C31H46BrN7O13/c1-15(42)35-21-25(22(43)19(12-40)49-27(21)36-29(46)33-9-10-34-30(47)52-31(2,3)4)51-28-24(45)26(23(44)20(13-41)50-28)48-14-17-11-39(38-37-17)18-7-5-16(32)6-8-18/h5-8,11,19-28,40-41,43-45H,9-10,12-14H2,1-4H3,(H,34,47)(H,35,42)(H2,33,36,46)/t19-,20?,21?,22-,23+,24?,25?,26?,27-,28+/m1/s1. The zero-order valence-corrected chi connectivity index (χ0v) is 30.5. The van der Waals surface area contributed by atoms with Crippen LogP contribution in [-0.2, 0) is 35.1 Å². The van der Waals surface area contributed by atoms with Crippen molar-refractivity contribution >= 4 is 34.0 Å². The van der Waals surface area contributed by atoms with Crippen LogP contribution in [-0.4, -0.2) is 152 Å². The molecule has 1 aromatic heterocycles. The Kier molecular flexibility index (Phi) is 14.7. The molecule has 0 radical (unpaired) electrons. The van der Waals surface area contributed by atoms with E-state index in [2.05, 4.69) is 47.5 Å². The molecular weight excluding hydrogens is 758 g/mol. The van der Waals surface area contributed by atoms with Crippen LogP contribution in [0, 0.1) is 0 Å². The van der Waals surface area contributed by atoms with Crippen molar-refractivity contribution in [3.63, 3.8) is 0 Å². The number of carbonyl (C=O) groups excluding carboxylic acids is 3. The number of nitrogens with one attached hydrogen (secondary N) is 4. The molecule has 2 aliphatic rings. The van der Waals surface area contributed by atoms with Crippen molar-refractivity contribution in [2.24, 2.45) is 0 Å². The molecule has 4 rings (SSSR count).